The minimum Gasteiger partial charge on any atom is -0.444 e. The average molecular weight is 468 g/mol. The van der Waals surface area contributed by atoms with Gasteiger partial charge in [-0.3, -0.25) is 0 Å². The Labute approximate surface area is 201 Å². The van der Waals surface area contributed by atoms with Crippen molar-refractivity contribution in [3.63, 3.8) is 0 Å². The molecular weight excluding hydrogens is 433 g/mol. The molecular formula is C26H34FN5O2. The number of aromatic nitrogens is 4. The number of carbonyl (C=O) groups excluding carboxylic acids is 1. The predicted octanol–water partition coefficient (Wildman–Crippen LogP) is 6.05. The SMILES string of the molecule is CC.Cc1nc(-c2ccc(F)cc2)c(-c2ccncn2)n1C1CCN(C(=O)OC(C)(C)C)CC1. The van der Waals surface area contributed by atoms with Crippen molar-refractivity contribution < 1.29 is 13.9 Å². The minimum absolute atomic E-state index is 0.153. The van der Waals surface area contributed by atoms with Crippen LogP contribution in [-0.4, -0.2) is 49.2 Å². The molecule has 0 unspecified atom stereocenters. The molecule has 1 amide bonds. The first-order chi connectivity index (χ1) is 16.2. The Morgan fingerprint density at radius 1 is 1.09 bits per heavy atom. The minimum atomic E-state index is -0.515. The summed E-state index contributed by atoms with van der Waals surface area (Å²) in [4.78, 5) is 27.6. The van der Waals surface area contributed by atoms with E-state index >= 15 is 0 Å². The van der Waals surface area contributed by atoms with Crippen LogP contribution in [0.15, 0.2) is 42.9 Å². The Balaban J connectivity index is 0.00000158. The monoisotopic (exact) mass is 467 g/mol. The van der Waals surface area contributed by atoms with E-state index in [2.05, 4.69) is 14.5 Å². The van der Waals surface area contributed by atoms with Gasteiger partial charge in [0, 0.05) is 30.9 Å². The largest absolute Gasteiger partial charge is 0.444 e. The molecule has 0 spiro atoms. The molecule has 1 aromatic carbocycles. The molecule has 0 radical (unpaired) electrons. The second kappa shape index (κ2) is 10.8. The second-order valence-electron chi connectivity index (χ2n) is 9.03. The third-order valence-corrected chi connectivity index (χ3v) is 5.51. The van der Waals surface area contributed by atoms with Crippen LogP contribution < -0.4 is 0 Å². The lowest BCUT2D eigenvalue weighted by atomic mass is 10.0. The number of hydrogen-bond donors (Lipinski definition) is 0. The van der Waals surface area contributed by atoms with Crippen LogP contribution in [0.5, 0.6) is 0 Å². The third-order valence-electron chi connectivity index (χ3n) is 5.51. The van der Waals surface area contributed by atoms with Gasteiger partial charge >= 0.3 is 6.09 Å². The normalized spacial score (nSPS) is 14.4. The third kappa shape index (κ3) is 5.79. The summed E-state index contributed by atoms with van der Waals surface area (Å²) in [7, 11) is 0. The highest BCUT2D eigenvalue weighted by Crippen LogP contribution is 2.37. The van der Waals surface area contributed by atoms with Gasteiger partial charge in [-0.2, -0.15) is 0 Å². The molecule has 1 aliphatic heterocycles. The van der Waals surface area contributed by atoms with Crippen LogP contribution >= 0.6 is 0 Å². The fraction of sp³-hybridized carbons (Fsp3) is 0.462. The molecule has 2 aromatic heterocycles. The number of amides is 1. The zero-order valence-electron chi connectivity index (χ0n) is 20.9. The maximum atomic E-state index is 13.5. The van der Waals surface area contributed by atoms with Gasteiger partial charge in [-0.15, -0.1) is 0 Å². The smallest absolute Gasteiger partial charge is 0.410 e. The number of carbonyl (C=O) groups is 1. The van der Waals surface area contributed by atoms with Gasteiger partial charge in [-0.1, -0.05) is 13.8 Å². The van der Waals surface area contributed by atoms with E-state index in [1.807, 2.05) is 47.6 Å². The molecule has 8 heteroatoms. The van der Waals surface area contributed by atoms with E-state index in [1.165, 1.54) is 18.5 Å². The van der Waals surface area contributed by atoms with Gasteiger partial charge in [-0.05, 0) is 70.9 Å². The Morgan fingerprint density at radius 3 is 2.29 bits per heavy atom. The lowest BCUT2D eigenvalue weighted by Gasteiger charge is -2.34. The van der Waals surface area contributed by atoms with Crippen LogP contribution in [0.2, 0.25) is 0 Å². The molecule has 0 atom stereocenters. The van der Waals surface area contributed by atoms with Crippen molar-refractivity contribution >= 4 is 6.09 Å². The summed E-state index contributed by atoms with van der Waals surface area (Å²) < 4.78 is 21.2. The number of nitrogens with zero attached hydrogens (tertiary/aromatic N) is 5. The number of hydrogen-bond acceptors (Lipinski definition) is 5. The molecule has 3 aromatic rings. The summed E-state index contributed by atoms with van der Waals surface area (Å²) in [5, 5.41) is 0. The molecule has 3 heterocycles. The Morgan fingerprint density at radius 2 is 1.74 bits per heavy atom. The van der Waals surface area contributed by atoms with Crippen molar-refractivity contribution in [3.05, 3.63) is 54.5 Å². The first-order valence-corrected chi connectivity index (χ1v) is 11.8. The van der Waals surface area contributed by atoms with Crippen molar-refractivity contribution in [3.8, 4) is 22.6 Å². The Kier molecular flexibility index (Phi) is 8.02. The van der Waals surface area contributed by atoms with Gasteiger partial charge in [-0.25, -0.2) is 24.1 Å². The maximum Gasteiger partial charge on any atom is 0.410 e. The van der Waals surface area contributed by atoms with Crippen molar-refractivity contribution in [2.75, 3.05) is 13.1 Å². The van der Waals surface area contributed by atoms with Crippen molar-refractivity contribution in [2.24, 2.45) is 0 Å². The molecule has 1 fully saturated rings. The highest BCUT2D eigenvalue weighted by atomic mass is 19.1. The van der Waals surface area contributed by atoms with E-state index in [9.17, 15) is 9.18 Å². The van der Waals surface area contributed by atoms with E-state index in [-0.39, 0.29) is 18.0 Å². The molecule has 1 aliphatic rings. The van der Waals surface area contributed by atoms with Gasteiger partial charge < -0.3 is 14.2 Å². The molecule has 0 saturated carbocycles. The van der Waals surface area contributed by atoms with E-state index < -0.39 is 5.60 Å². The van der Waals surface area contributed by atoms with Crippen LogP contribution in [0, 0.1) is 12.7 Å². The zero-order valence-corrected chi connectivity index (χ0v) is 20.9. The van der Waals surface area contributed by atoms with Crippen LogP contribution in [0.4, 0.5) is 9.18 Å². The van der Waals surface area contributed by atoms with Gasteiger partial charge in [0.2, 0.25) is 0 Å². The van der Waals surface area contributed by atoms with Gasteiger partial charge in [0.05, 0.1) is 17.1 Å². The topological polar surface area (TPSA) is 73.1 Å². The molecule has 182 valence electrons. The van der Waals surface area contributed by atoms with E-state index in [0.717, 1.165) is 41.3 Å². The van der Waals surface area contributed by atoms with Crippen molar-refractivity contribution in [1.82, 2.24) is 24.4 Å². The van der Waals surface area contributed by atoms with Crippen LogP contribution in [-0.2, 0) is 4.74 Å². The highest BCUT2D eigenvalue weighted by molar-refractivity contribution is 5.77. The van der Waals surface area contributed by atoms with Crippen LogP contribution in [0.3, 0.4) is 0 Å². The first-order valence-electron chi connectivity index (χ1n) is 11.8. The van der Waals surface area contributed by atoms with E-state index in [1.54, 1.807) is 23.2 Å². The van der Waals surface area contributed by atoms with Crippen LogP contribution in [0.25, 0.3) is 22.6 Å². The maximum absolute atomic E-state index is 13.5. The van der Waals surface area contributed by atoms with Gasteiger partial charge in [0.1, 0.15) is 23.6 Å². The summed E-state index contributed by atoms with van der Waals surface area (Å²) in [5.74, 6) is 0.566. The quantitative estimate of drug-likeness (QED) is 0.469. The van der Waals surface area contributed by atoms with Gasteiger partial charge in [0.15, 0.2) is 0 Å². The highest BCUT2D eigenvalue weighted by Gasteiger charge is 2.31. The lowest BCUT2D eigenvalue weighted by molar-refractivity contribution is 0.0188. The predicted molar refractivity (Wildman–Crippen MR) is 131 cm³/mol. The number of ether oxygens (including phenoxy) is 1. The number of benzene rings is 1. The second-order valence-corrected chi connectivity index (χ2v) is 9.03. The fourth-order valence-corrected chi connectivity index (χ4v) is 4.11. The van der Waals surface area contributed by atoms with Crippen molar-refractivity contribution in [1.29, 1.82) is 0 Å². The summed E-state index contributed by atoms with van der Waals surface area (Å²) in [6.45, 7) is 12.8. The molecule has 0 N–H and O–H groups in total. The number of imidazole rings is 1. The lowest BCUT2D eigenvalue weighted by Crippen LogP contribution is -2.42. The van der Waals surface area contributed by atoms with Gasteiger partial charge in [0.25, 0.3) is 0 Å². The average Bonchev–Trinajstić information content (AvgIpc) is 3.17. The fourth-order valence-electron chi connectivity index (χ4n) is 4.11. The summed E-state index contributed by atoms with van der Waals surface area (Å²) in [5.41, 5.74) is 2.71. The first kappa shape index (κ1) is 25.3. The molecule has 1 saturated heterocycles. The van der Waals surface area contributed by atoms with E-state index in [0.29, 0.717) is 13.1 Å². The molecule has 4 rings (SSSR count). The standard InChI is InChI=1S/C24H28FN5O2.C2H6/c1-16-28-21(17-5-7-18(25)8-6-17)22(20-9-12-26-15-27-20)30(16)19-10-13-29(14-11-19)23(31)32-24(2,3)4;1-2/h5-9,12,15,19H,10-11,13-14H2,1-4H3;1-2H3. The molecule has 0 aliphatic carbocycles. The number of likely N-dealkylation sites (tertiary alicyclic amines) is 1. The molecule has 0 bridgehead atoms. The van der Waals surface area contributed by atoms with Crippen LogP contribution in [0.1, 0.15) is 59.3 Å². The van der Waals surface area contributed by atoms with Crippen molar-refractivity contribution in [2.45, 2.75) is 66.0 Å². The molecule has 34 heavy (non-hydrogen) atoms. The molecule has 7 nitrogen and oxygen atoms in total. The summed E-state index contributed by atoms with van der Waals surface area (Å²) >= 11 is 0. The Bertz CT molecular complexity index is 1080. The zero-order chi connectivity index (χ0) is 24.9. The number of aryl methyl sites for hydroxylation is 1. The number of piperidine rings is 1. The summed E-state index contributed by atoms with van der Waals surface area (Å²) in [6.07, 6.45) is 4.49. The van der Waals surface area contributed by atoms with E-state index in [4.69, 9.17) is 9.72 Å². The number of rotatable bonds is 3. The summed E-state index contributed by atoms with van der Waals surface area (Å²) in [6, 6.07) is 8.35. The number of halogens is 1. The Hall–Kier alpha value is -3.29.